The molecule has 1 saturated heterocycles. The van der Waals surface area contributed by atoms with Gasteiger partial charge in [-0.3, -0.25) is 0 Å². The van der Waals surface area contributed by atoms with Gasteiger partial charge in [-0.2, -0.15) is 0 Å². The van der Waals surface area contributed by atoms with Crippen LogP contribution in [0.3, 0.4) is 0 Å². The fourth-order valence-corrected chi connectivity index (χ4v) is 3.23. The fraction of sp³-hybridized carbons (Fsp3) is 0.267. The van der Waals surface area contributed by atoms with Crippen molar-refractivity contribution in [3.8, 4) is 0 Å². The van der Waals surface area contributed by atoms with Crippen LogP contribution in [0.1, 0.15) is 9.67 Å². The predicted molar refractivity (Wildman–Crippen MR) is 82.1 cm³/mol. The molecule has 2 heterocycles. The molecule has 1 fully saturated rings. The molecular formula is C15H15FN2O2S. The maximum Gasteiger partial charge on any atom is 0.345 e. The van der Waals surface area contributed by atoms with E-state index in [0.717, 1.165) is 37.6 Å². The molecule has 6 heteroatoms. The Morgan fingerprint density at radius 2 is 1.62 bits per heavy atom. The van der Waals surface area contributed by atoms with Crippen LogP contribution in [0.5, 0.6) is 0 Å². The lowest BCUT2D eigenvalue weighted by Gasteiger charge is -2.36. The Labute approximate surface area is 126 Å². The maximum absolute atomic E-state index is 12.9. The molecular weight excluding hydrogens is 291 g/mol. The van der Waals surface area contributed by atoms with Gasteiger partial charge in [0.1, 0.15) is 10.7 Å². The second-order valence-electron chi connectivity index (χ2n) is 4.92. The molecule has 3 rings (SSSR count). The van der Waals surface area contributed by atoms with Crippen LogP contribution in [0.25, 0.3) is 0 Å². The number of carbonyl (C=O) groups is 1. The fourth-order valence-electron chi connectivity index (χ4n) is 2.48. The first-order valence-corrected chi connectivity index (χ1v) is 7.59. The van der Waals surface area contributed by atoms with Gasteiger partial charge in [-0.15, -0.1) is 11.3 Å². The highest BCUT2D eigenvalue weighted by Gasteiger charge is 2.19. The Hall–Kier alpha value is -2.08. The lowest BCUT2D eigenvalue weighted by Crippen LogP contribution is -2.46. The van der Waals surface area contributed by atoms with E-state index in [1.807, 2.05) is 5.38 Å². The molecule has 0 unspecified atom stereocenters. The van der Waals surface area contributed by atoms with Gasteiger partial charge < -0.3 is 14.9 Å². The molecule has 0 bridgehead atoms. The molecule has 2 aromatic rings. The second kappa shape index (κ2) is 5.73. The number of piperazine rings is 1. The Morgan fingerprint density at radius 3 is 2.14 bits per heavy atom. The number of aromatic carboxylic acids is 1. The molecule has 1 aromatic carbocycles. The average Bonchev–Trinajstić information content (AvgIpc) is 2.98. The minimum atomic E-state index is -0.879. The Bertz CT molecular complexity index is 633. The normalized spacial score (nSPS) is 15.3. The van der Waals surface area contributed by atoms with Gasteiger partial charge in [0.2, 0.25) is 0 Å². The Kier molecular flexibility index (Phi) is 3.79. The third kappa shape index (κ3) is 3.00. The van der Waals surface area contributed by atoms with Crippen molar-refractivity contribution in [3.05, 3.63) is 46.4 Å². The van der Waals surface area contributed by atoms with Gasteiger partial charge >= 0.3 is 5.97 Å². The van der Waals surface area contributed by atoms with E-state index in [2.05, 4.69) is 9.80 Å². The summed E-state index contributed by atoms with van der Waals surface area (Å²) in [6.45, 7) is 3.33. The number of thiophene rings is 1. The number of halogens is 1. The molecule has 110 valence electrons. The van der Waals surface area contributed by atoms with Gasteiger partial charge in [-0.25, -0.2) is 9.18 Å². The lowest BCUT2D eigenvalue weighted by molar-refractivity contribution is 0.0702. The van der Waals surface area contributed by atoms with E-state index in [1.165, 1.54) is 23.5 Å². The molecule has 0 amide bonds. The van der Waals surface area contributed by atoms with Crippen molar-refractivity contribution >= 4 is 28.7 Å². The van der Waals surface area contributed by atoms with Gasteiger partial charge in [0.25, 0.3) is 0 Å². The van der Waals surface area contributed by atoms with E-state index in [0.29, 0.717) is 4.88 Å². The highest BCUT2D eigenvalue weighted by molar-refractivity contribution is 7.12. The summed E-state index contributed by atoms with van der Waals surface area (Å²) in [6.07, 6.45) is 0. The lowest BCUT2D eigenvalue weighted by atomic mass is 10.2. The average molecular weight is 306 g/mol. The van der Waals surface area contributed by atoms with Crippen LogP contribution in [0.15, 0.2) is 35.7 Å². The SMILES string of the molecule is O=C(O)c1cc(N2CCN(c3ccc(F)cc3)CC2)cs1. The van der Waals surface area contributed by atoms with Crippen LogP contribution < -0.4 is 9.80 Å². The van der Waals surface area contributed by atoms with Crippen LogP contribution in [-0.4, -0.2) is 37.3 Å². The number of hydrogen-bond acceptors (Lipinski definition) is 4. The molecule has 0 aliphatic carbocycles. The monoisotopic (exact) mass is 306 g/mol. The van der Waals surface area contributed by atoms with E-state index >= 15 is 0 Å². The largest absolute Gasteiger partial charge is 0.477 e. The topological polar surface area (TPSA) is 43.8 Å². The molecule has 4 nitrogen and oxygen atoms in total. The molecule has 0 spiro atoms. The van der Waals surface area contributed by atoms with Crippen LogP contribution >= 0.6 is 11.3 Å². The number of carboxylic acid groups (broad SMARTS) is 1. The standard InChI is InChI=1S/C15H15FN2O2S/c16-11-1-3-12(4-2-11)17-5-7-18(8-6-17)13-9-14(15(19)20)21-10-13/h1-4,9-10H,5-8H2,(H,19,20). The zero-order chi connectivity index (χ0) is 14.8. The second-order valence-corrected chi connectivity index (χ2v) is 5.84. The molecule has 0 saturated carbocycles. The first kappa shape index (κ1) is 13.9. The zero-order valence-electron chi connectivity index (χ0n) is 11.3. The highest BCUT2D eigenvalue weighted by atomic mass is 32.1. The molecule has 0 atom stereocenters. The first-order chi connectivity index (χ1) is 10.1. The number of carboxylic acids is 1. The summed E-state index contributed by atoms with van der Waals surface area (Å²) in [5.74, 6) is -1.10. The predicted octanol–water partition coefficient (Wildman–Crippen LogP) is 2.91. The van der Waals surface area contributed by atoms with E-state index < -0.39 is 5.97 Å². The molecule has 21 heavy (non-hydrogen) atoms. The number of nitrogens with zero attached hydrogens (tertiary/aromatic N) is 2. The Morgan fingerprint density at radius 1 is 1.05 bits per heavy atom. The van der Waals surface area contributed by atoms with Crippen molar-refractivity contribution in [2.24, 2.45) is 0 Å². The Balaban J connectivity index is 1.64. The zero-order valence-corrected chi connectivity index (χ0v) is 12.1. The van der Waals surface area contributed by atoms with Crippen molar-refractivity contribution in [2.45, 2.75) is 0 Å². The minimum Gasteiger partial charge on any atom is -0.477 e. The maximum atomic E-state index is 12.9. The minimum absolute atomic E-state index is 0.225. The van der Waals surface area contributed by atoms with Crippen LogP contribution in [-0.2, 0) is 0 Å². The van der Waals surface area contributed by atoms with Gasteiger partial charge in [0, 0.05) is 42.9 Å². The van der Waals surface area contributed by atoms with Gasteiger partial charge in [-0.1, -0.05) is 0 Å². The summed E-state index contributed by atoms with van der Waals surface area (Å²) < 4.78 is 12.9. The first-order valence-electron chi connectivity index (χ1n) is 6.71. The molecule has 0 radical (unpaired) electrons. The number of benzene rings is 1. The summed E-state index contributed by atoms with van der Waals surface area (Å²) in [5.41, 5.74) is 1.99. The van der Waals surface area contributed by atoms with Gasteiger partial charge in [0.15, 0.2) is 0 Å². The van der Waals surface area contributed by atoms with Crippen molar-refractivity contribution in [1.82, 2.24) is 0 Å². The number of hydrogen-bond donors (Lipinski definition) is 1. The summed E-state index contributed by atoms with van der Waals surface area (Å²) in [6, 6.07) is 8.25. The van der Waals surface area contributed by atoms with Crippen molar-refractivity contribution < 1.29 is 14.3 Å². The van der Waals surface area contributed by atoms with Gasteiger partial charge in [-0.05, 0) is 30.3 Å². The highest BCUT2D eigenvalue weighted by Crippen LogP contribution is 2.25. The van der Waals surface area contributed by atoms with E-state index in [4.69, 9.17) is 5.11 Å². The van der Waals surface area contributed by atoms with Crippen molar-refractivity contribution in [3.63, 3.8) is 0 Å². The summed E-state index contributed by atoms with van der Waals surface area (Å²) in [4.78, 5) is 15.7. The van der Waals surface area contributed by atoms with E-state index in [1.54, 1.807) is 18.2 Å². The third-order valence-corrected chi connectivity index (χ3v) is 4.54. The van der Waals surface area contributed by atoms with E-state index in [9.17, 15) is 9.18 Å². The summed E-state index contributed by atoms with van der Waals surface area (Å²) in [7, 11) is 0. The van der Waals surface area contributed by atoms with Crippen molar-refractivity contribution in [1.29, 1.82) is 0 Å². The molecule has 1 aliphatic rings. The molecule has 1 N–H and O–H groups in total. The van der Waals surface area contributed by atoms with E-state index in [-0.39, 0.29) is 5.82 Å². The van der Waals surface area contributed by atoms with Crippen LogP contribution in [0.4, 0.5) is 15.8 Å². The van der Waals surface area contributed by atoms with Crippen molar-refractivity contribution in [2.75, 3.05) is 36.0 Å². The quantitative estimate of drug-likeness (QED) is 0.947. The summed E-state index contributed by atoms with van der Waals surface area (Å²) >= 11 is 1.25. The smallest absolute Gasteiger partial charge is 0.345 e. The molecule has 1 aromatic heterocycles. The van der Waals surface area contributed by atoms with Crippen LogP contribution in [0.2, 0.25) is 0 Å². The summed E-state index contributed by atoms with van der Waals surface area (Å²) in [5, 5.41) is 10.8. The molecule has 1 aliphatic heterocycles. The number of rotatable bonds is 3. The third-order valence-electron chi connectivity index (χ3n) is 3.63. The van der Waals surface area contributed by atoms with Crippen LogP contribution in [0, 0.1) is 5.82 Å². The van der Waals surface area contributed by atoms with Gasteiger partial charge in [0.05, 0.1) is 0 Å². The number of anilines is 2.